The van der Waals surface area contributed by atoms with E-state index >= 15 is 0 Å². The van der Waals surface area contributed by atoms with Gasteiger partial charge < -0.3 is 15.4 Å². The summed E-state index contributed by atoms with van der Waals surface area (Å²) >= 11 is 3.15. The molecular weight excluding hydrogens is 272 g/mol. The molecule has 1 N–H and O–H groups in total. The molecule has 0 bridgehead atoms. The number of hydrogen-bond acceptors (Lipinski definition) is 6. The van der Waals surface area contributed by atoms with E-state index in [4.69, 9.17) is 0 Å². The molecule has 2 heterocycles. The van der Waals surface area contributed by atoms with Gasteiger partial charge in [-0.2, -0.15) is 21.1 Å². The summed E-state index contributed by atoms with van der Waals surface area (Å²) in [5, 5.41) is 16.0. The highest BCUT2D eigenvalue weighted by Crippen LogP contribution is 2.28. The monoisotopic (exact) mass is 286 g/mol. The Labute approximate surface area is 113 Å². The van der Waals surface area contributed by atoms with E-state index in [9.17, 15) is 10.1 Å². The first kappa shape index (κ1) is 13.2. The highest BCUT2D eigenvalue weighted by Gasteiger charge is 2.24. The Morgan fingerprint density at radius 3 is 3.17 bits per heavy atom. The summed E-state index contributed by atoms with van der Waals surface area (Å²) in [4.78, 5) is 15.6. The second kappa shape index (κ2) is 5.57. The number of aromatic nitrogens is 2. The molecule has 0 aromatic carbocycles. The molecule has 1 atom stereocenters. The third kappa shape index (κ3) is 2.59. The van der Waals surface area contributed by atoms with Crippen molar-refractivity contribution in [2.45, 2.75) is 19.4 Å². The van der Waals surface area contributed by atoms with Crippen molar-refractivity contribution < 1.29 is 4.92 Å². The lowest BCUT2D eigenvalue weighted by atomic mass is 10.2. The van der Waals surface area contributed by atoms with Crippen molar-refractivity contribution in [3.63, 3.8) is 0 Å². The number of thiazole rings is 1. The molecule has 6 nitrogen and oxygen atoms in total. The molecule has 0 saturated heterocycles. The van der Waals surface area contributed by atoms with Gasteiger partial charge in [-0.15, -0.1) is 0 Å². The molecule has 0 aliphatic rings. The van der Waals surface area contributed by atoms with E-state index in [0.717, 1.165) is 12.2 Å². The molecule has 0 aliphatic heterocycles. The van der Waals surface area contributed by atoms with Gasteiger partial charge in [0.05, 0.1) is 0 Å². The maximum absolute atomic E-state index is 11.1. The van der Waals surface area contributed by atoms with Crippen molar-refractivity contribution in [3.05, 3.63) is 21.7 Å². The summed E-state index contributed by atoms with van der Waals surface area (Å²) < 4.78 is 1.51. The summed E-state index contributed by atoms with van der Waals surface area (Å²) in [7, 11) is 0. The van der Waals surface area contributed by atoms with Crippen LogP contribution in [0.5, 0.6) is 0 Å². The van der Waals surface area contributed by atoms with Crippen molar-refractivity contribution in [2.75, 3.05) is 17.3 Å². The number of nitrogens with zero attached hydrogens (tertiary/aromatic N) is 3. The van der Waals surface area contributed by atoms with E-state index < -0.39 is 4.92 Å². The van der Waals surface area contributed by atoms with Crippen LogP contribution in [0.4, 0.5) is 11.6 Å². The topological polar surface area (TPSA) is 72.5 Å². The van der Waals surface area contributed by atoms with Gasteiger partial charge in [-0.1, -0.05) is 11.3 Å². The molecule has 18 heavy (non-hydrogen) atoms. The predicted molar refractivity (Wildman–Crippen MR) is 75.8 cm³/mol. The Bertz CT molecular complexity index is 551. The number of rotatable bonds is 6. The minimum absolute atomic E-state index is 0.0160. The number of hydrogen-bond donors (Lipinski definition) is 1. The summed E-state index contributed by atoms with van der Waals surface area (Å²) in [6.45, 7) is 2.01. The third-order valence-corrected chi connectivity index (χ3v) is 3.95. The summed E-state index contributed by atoms with van der Waals surface area (Å²) in [6.07, 6.45) is 4.66. The first-order chi connectivity index (χ1) is 8.63. The van der Waals surface area contributed by atoms with E-state index in [2.05, 4.69) is 10.3 Å². The fraction of sp³-hybridized carbons (Fsp3) is 0.500. The Morgan fingerprint density at radius 1 is 1.72 bits per heavy atom. The van der Waals surface area contributed by atoms with E-state index in [0.29, 0.717) is 10.8 Å². The second-order valence-corrected chi connectivity index (χ2v) is 5.78. The van der Waals surface area contributed by atoms with E-state index in [-0.39, 0.29) is 11.9 Å². The van der Waals surface area contributed by atoms with Gasteiger partial charge in [0.25, 0.3) is 4.96 Å². The van der Waals surface area contributed by atoms with Gasteiger partial charge >= 0.3 is 5.82 Å². The Morgan fingerprint density at radius 2 is 2.50 bits per heavy atom. The molecular formula is C10H14N4O2S2. The predicted octanol–water partition coefficient (Wildman–Crippen LogP) is 2.86. The molecule has 0 saturated carbocycles. The lowest BCUT2D eigenvalue weighted by Crippen LogP contribution is -2.17. The zero-order valence-electron chi connectivity index (χ0n) is 10.1. The zero-order chi connectivity index (χ0) is 13.1. The van der Waals surface area contributed by atoms with Crippen LogP contribution in [0.3, 0.4) is 0 Å². The van der Waals surface area contributed by atoms with Gasteiger partial charge in [0.15, 0.2) is 0 Å². The number of nitrogens with one attached hydrogen (secondary N) is 1. The minimum Gasteiger partial charge on any atom is -0.360 e. The number of thioether (sulfide) groups is 1. The van der Waals surface area contributed by atoms with Crippen LogP contribution in [0.15, 0.2) is 11.6 Å². The SMILES string of the molecule is CSCCC(C)Nc1nc2sccn2c1[N+](=O)[O-]. The highest BCUT2D eigenvalue weighted by atomic mass is 32.2. The van der Waals surface area contributed by atoms with Crippen molar-refractivity contribution >= 4 is 39.7 Å². The average molecular weight is 286 g/mol. The van der Waals surface area contributed by atoms with E-state index in [1.807, 2.05) is 13.2 Å². The molecule has 0 aliphatic carbocycles. The van der Waals surface area contributed by atoms with Gasteiger partial charge in [-0.3, -0.25) is 0 Å². The maximum Gasteiger partial charge on any atom is 0.372 e. The zero-order valence-corrected chi connectivity index (χ0v) is 11.8. The van der Waals surface area contributed by atoms with Gasteiger partial charge in [0.1, 0.15) is 6.20 Å². The summed E-state index contributed by atoms with van der Waals surface area (Å²) in [6, 6.07) is 0.167. The summed E-state index contributed by atoms with van der Waals surface area (Å²) in [5.41, 5.74) is 0. The van der Waals surface area contributed by atoms with Gasteiger partial charge in [0.2, 0.25) is 5.82 Å². The molecule has 0 spiro atoms. The van der Waals surface area contributed by atoms with Crippen molar-refractivity contribution in [1.29, 1.82) is 0 Å². The first-order valence-electron chi connectivity index (χ1n) is 5.49. The molecule has 1 unspecified atom stereocenters. The van der Waals surface area contributed by atoms with Crippen molar-refractivity contribution in [1.82, 2.24) is 9.38 Å². The maximum atomic E-state index is 11.1. The quantitative estimate of drug-likeness (QED) is 0.653. The number of anilines is 1. The van der Waals surface area contributed by atoms with Gasteiger partial charge in [0, 0.05) is 11.4 Å². The fourth-order valence-corrected chi connectivity index (χ4v) is 2.94. The number of fused-ring (bicyclic) bond motifs is 1. The van der Waals surface area contributed by atoms with Crippen LogP contribution < -0.4 is 5.32 Å². The first-order valence-corrected chi connectivity index (χ1v) is 7.76. The highest BCUT2D eigenvalue weighted by molar-refractivity contribution is 7.98. The summed E-state index contributed by atoms with van der Waals surface area (Å²) in [5.74, 6) is 1.40. The minimum atomic E-state index is -0.393. The molecule has 98 valence electrons. The van der Waals surface area contributed by atoms with Crippen molar-refractivity contribution in [3.8, 4) is 0 Å². The van der Waals surface area contributed by atoms with E-state index in [1.165, 1.54) is 15.7 Å². The average Bonchev–Trinajstić information content (AvgIpc) is 2.85. The Hall–Kier alpha value is -1.28. The number of imidazole rings is 1. The van der Waals surface area contributed by atoms with Crippen LogP contribution >= 0.6 is 23.1 Å². The molecule has 0 amide bonds. The molecule has 8 heteroatoms. The van der Waals surface area contributed by atoms with Crippen LogP contribution in [0.1, 0.15) is 13.3 Å². The van der Waals surface area contributed by atoms with Crippen LogP contribution in [0.2, 0.25) is 0 Å². The molecule has 2 aromatic rings. The third-order valence-electron chi connectivity index (χ3n) is 2.55. The Balaban J connectivity index is 2.24. The Kier molecular flexibility index (Phi) is 4.07. The second-order valence-electron chi connectivity index (χ2n) is 3.92. The molecule has 2 rings (SSSR count). The normalized spacial score (nSPS) is 12.8. The van der Waals surface area contributed by atoms with Crippen LogP contribution in [0, 0.1) is 10.1 Å². The van der Waals surface area contributed by atoms with Crippen LogP contribution in [-0.2, 0) is 0 Å². The van der Waals surface area contributed by atoms with E-state index in [1.54, 1.807) is 23.3 Å². The lowest BCUT2D eigenvalue weighted by Gasteiger charge is -2.11. The van der Waals surface area contributed by atoms with Crippen molar-refractivity contribution in [2.24, 2.45) is 0 Å². The van der Waals surface area contributed by atoms with Gasteiger partial charge in [-0.25, -0.2) is 0 Å². The smallest absolute Gasteiger partial charge is 0.360 e. The van der Waals surface area contributed by atoms with Gasteiger partial charge in [-0.05, 0) is 30.3 Å². The van der Waals surface area contributed by atoms with Crippen LogP contribution in [0.25, 0.3) is 4.96 Å². The molecule has 0 radical (unpaired) electrons. The lowest BCUT2D eigenvalue weighted by molar-refractivity contribution is -0.389. The molecule has 0 fully saturated rings. The molecule has 2 aromatic heterocycles. The standard InChI is InChI=1S/C10H14N4O2S2/c1-7(3-5-17-2)11-8-9(14(15)16)13-4-6-18-10(13)12-8/h4,6-7,11H,3,5H2,1-2H3. The fourth-order valence-electron chi connectivity index (χ4n) is 1.65. The largest absolute Gasteiger partial charge is 0.372 e. The van der Waals surface area contributed by atoms with Crippen LogP contribution in [-0.4, -0.2) is 32.4 Å². The number of nitro groups is 1.